The molecular formula is C18H17F3NS+. The van der Waals surface area contributed by atoms with Crippen molar-refractivity contribution in [3.8, 4) is 0 Å². The first kappa shape index (κ1) is 14.9. The molecule has 0 unspecified atom stereocenters. The fourth-order valence-electron chi connectivity index (χ4n) is 3.45. The van der Waals surface area contributed by atoms with Gasteiger partial charge >= 0.3 is 6.18 Å². The van der Waals surface area contributed by atoms with Gasteiger partial charge in [-0.05, 0) is 31.0 Å². The first-order valence-corrected chi connectivity index (χ1v) is 9.34. The first-order chi connectivity index (χ1) is 11.0. The SMILES string of the molecule is FC(F)(F)Cn1c2ccccc2c2cc([S+]3CCCC3)ccc21. The number of hydrogen-bond acceptors (Lipinski definition) is 0. The van der Waals surface area contributed by atoms with E-state index in [-0.39, 0.29) is 10.9 Å². The van der Waals surface area contributed by atoms with E-state index >= 15 is 0 Å². The van der Waals surface area contributed by atoms with Crippen molar-refractivity contribution in [1.82, 2.24) is 4.57 Å². The van der Waals surface area contributed by atoms with Crippen molar-refractivity contribution < 1.29 is 13.2 Å². The first-order valence-electron chi connectivity index (χ1n) is 7.78. The number of rotatable bonds is 2. The van der Waals surface area contributed by atoms with Crippen molar-refractivity contribution in [1.29, 1.82) is 0 Å². The maximum Gasteiger partial charge on any atom is 0.406 e. The van der Waals surface area contributed by atoms with Crippen LogP contribution in [0.1, 0.15) is 12.8 Å². The average Bonchev–Trinajstić information content (AvgIpc) is 3.14. The molecule has 1 aromatic heterocycles. The van der Waals surface area contributed by atoms with Gasteiger partial charge in [-0.25, -0.2) is 0 Å². The lowest BCUT2D eigenvalue weighted by Gasteiger charge is -2.10. The minimum atomic E-state index is -4.22. The predicted molar refractivity (Wildman–Crippen MR) is 90.1 cm³/mol. The monoisotopic (exact) mass is 336 g/mol. The van der Waals surface area contributed by atoms with Crippen LogP contribution >= 0.6 is 0 Å². The predicted octanol–water partition coefficient (Wildman–Crippen LogP) is 5.13. The van der Waals surface area contributed by atoms with Crippen LogP contribution in [0, 0.1) is 0 Å². The van der Waals surface area contributed by atoms with E-state index in [1.165, 1.54) is 33.8 Å². The molecule has 120 valence electrons. The molecule has 2 heterocycles. The number of fused-ring (bicyclic) bond motifs is 3. The van der Waals surface area contributed by atoms with E-state index in [9.17, 15) is 13.2 Å². The van der Waals surface area contributed by atoms with Crippen LogP contribution in [-0.2, 0) is 17.4 Å². The summed E-state index contributed by atoms with van der Waals surface area (Å²) in [5.41, 5.74) is 1.34. The summed E-state index contributed by atoms with van der Waals surface area (Å²) in [4.78, 5) is 1.30. The van der Waals surface area contributed by atoms with Crippen LogP contribution in [0.5, 0.6) is 0 Å². The Hall–Kier alpha value is -1.62. The van der Waals surface area contributed by atoms with Gasteiger partial charge in [0.05, 0.1) is 0 Å². The van der Waals surface area contributed by atoms with Crippen molar-refractivity contribution in [2.75, 3.05) is 11.5 Å². The second-order valence-electron chi connectivity index (χ2n) is 6.01. The molecule has 5 heteroatoms. The minimum absolute atomic E-state index is 0.269. The van der Waals surface area contributed by atoms with E-state index in [1.54, 1.807) is 12.1 Å². The Labute approximate surface area is 135 Å². The number of benzene rings is 2. The molecule has 0 radical (unpaired) electrons. The Bertz CT molecular complexity index is 860. The van der Waals surface area contributed by atoms with Crippen LogP contribution in [-0.4, -0.2) is 22.2 Å². The number of hydrogen-bond donors (Lipinski definition) is 0. The van der Waals surface area contributed by atoms with Gasteiger partial charge in [0.25, 0.3) is 0 Å². The molecule has 2 aromatic carbocycles. The highest BCUT2D eigenvalue weighted by atomic mass is 32.2. The van der Waals surface area contributed by atoms with Gasteiger partial charge in [-0.2, -0.15) is 13.2 Å². The Kier molecular flexibility index (Phi) is 3.56. The van der Waals surface area contributed by atoms with Crippen LogP contribution < -0.4 is 0 Å². The molecule has 0 amide bonds. The summed E-state index contributed by atoms with van der Waals surface area (Å²) < 4.78 is 40.3. The second-order valence-corrected chi connectivity index (χ2v) is 8.28. The Morgan fingerprint density at radius 3 is 2.35 bits per heavy atom. The summed E-state index contributed by atoms with van der Waals surface area (Å²) >= 11 is 0. The van der Waals surface area contributed by atoms with Gasteiger partial charge in [0.2, 0.25) is 0 Å². The molecule has 0 saturated carbocycles. The minimum Gasteiger partial charge on any atom is -0.331 e. The van der Waals surface area contributed by atoms with E-state index in [0.29, 0.717) is 11.0 Å². The quantitative estimate of drug-likeness (QED) is 0.572. The molecule has 1 aliphatic rings. The number of aromatic nitrogens is 1. The summed E-state index contributed by atoms with van der Waals surface area (Å²) in [6, 6.07) is 13.4. The molecule has 0 N–H and O–H groups in total. The molecule has 0 aliphatic carbocycles. The van der Waals surface area contributed by atoms with Gasteiger partial charge in [-0.1, -0.05) is 18.2 Å². The highest BCUT2D eigenvalue weighted by Crippen LogP contribution is 2.34. The molecule has 0 spiro atoms. The lowest BCUT2D eigenvalue weighted by atomic mass is 10.1. The molecule has 0 bridgehead atoms. The maximum absolute atomic E-state index is 13.0. The van der Waals surface area contributed by atoms with Crippen LogP contribution in [0.4, 0.5) is 13.2 Å². The van der Waals surface area contributed by atoms with Crippen molar-refractivity contribution in [3.05, 3.63) is 42.5 Å². The third kappa shape index (κ3) is 2.71. The van der Waals surface area contributed by atoms with Crippen LogP contribution in [0.25, 0.3) is 21.8 Å². The third-order valence-corrected chi connectivity index (χ3v) is 6.93. The summed E-state index contributed by atoms with van der Waals surface area (Å²) in [6.07, 6.45) is -1.70. The van der Waals surface area contributed by atoms with Gasteiger partial charge in [-0.15, -0.1) is 0 Å². The molecular weight excluding hydrogens is 319 g/mol. The van der Waals surface area contributed by atoms with Gasteiger partial charge in [0, 0.05) is 38.8 Å². The number of para-hydroxylation sites is 1. The van der Waals surface area contributed by atoms with E-state index in [0.717, 1.165) is 10.8 Å². The molecule has 1 saturated heterocycles. The zero-order valence-electron chi connectivity index (χ0n) is 12.6. The number of nitrogens with zero attached hydrogens (tertiary/aromatic N) is 1. The van der Waals surface area contributed by atoms with Crippen LogP contribution in [0.3, 0.4) is 0 Å². The Morgan fingerprint density at radius 1 is 0.913 bits per heavy atom. The highest BCUT2D eigenvalue weighted by Gasteiger charge is 2.31. The summed E-state index contributed by atoms with van der Waals surface area (Å²) in [7, 11) is 0.269. The summed E-state index contributed by atoms with van der Waals surface area (Å²) in [5.74, 6) is 2.43. The van der Waals surface area contributed by atoms with Gasteiger partial charge in [0.1, 0.15) is 18.1 Å². The van der Waals surface area contributed by atoms with Crippen molar-refractivity contribution >= 4 is 32.7 Å². The van der Waals surface area contributed by atoms with E-state index in [1.807, 2.05) is 24.3 Å². The molecule has 3 aromatic rings. The molecule has 23 heavy (non-hydrogen) atoms. The van der Waals surface area contributed by atoms with Gasteiger partial charge in [0.15, 0.2) is 4.90 Å². The van der Waals surface area contributed by atoms with Crippen molar-refractivity contribution in [2.24, 2.45) is 0 Å². The fourth-order valence-corrected chi connectivity index (χ4v) is 5.78. The second kappa shape index (κ2) is 5.48. The number of halogens is 3. The Balaban J connectivity index is 1.93. The molecule has 1 nitrogen and oxygen atoms in total. The highest BCUT2D eigenvalue weighted by molar-refractivity contribution is 7.97. The van der Waals surface area contributed by atoms with E-state index < -0.39 is 12.7 Å². The summed E-state index contributed by atoms with van der Waals surface area (Å²) in [6.45, 7) is -0.942. The molecule has 4 rings (SSSR count). The van der Waals surface area contributed by atoms with Crippen LogP contribution in [0.2, 0.25) is 0 Å². The maximum atomic E-state index is 13.0. The number of alkyl halides is 3. The average molecular weight is 336 g/mol. The Morgan fingerprint density at radius 2 is 1.61 bits per heavy atom. The molecule has 1 fully saturated rings. The van der Waals surface area contributed by atoms with Crippen molar-refractivity contribution in [3.63, 3.8) is 0 Å². The third-order valence-electron chi connectivity index (χ3n) is 4.45. The molecule has 0 atom stereocenters. The van der Waals surface area contributed by atoms with E-state index in [2.05, 4.69) is 6.07 Å². The van der Waals surface area contributed by atoms with Gasteiger partial charge < -0.3 is 4.57 Å². The standard InChI is InChI=1S/C18H17F3NS/c19-18(20,21)12-22-16-6-2-1-5-14(16)15-11-13(7-8-17(15)22)23-9-3-4-10-23/h1-2,5-8,11H,3-4,9-10,12H2/q+1. The van der Waals surface area contributed by atoms with E-state index in [4.69, 9.17) is 0 Å². The van der Waals surface area contributed by atoms with Crippen molar-refractivity contribution in [2.45, 2.75) is 30.5 Å². The smallest absolute Gasteiger partial charge is 0.331 e. The topological polar surface area (TPSA) is 4.93 Å². The summed E-state index contributed by atoms with van der Waals surface area (Å²) in [5, 5.41) is 1.86. The fraction of sp³-hybridized carbons (Fsp3) is 0.333. The largest absolute Gasteiger partial charge is 0.406 e. The zero-order chi connectivity index (χ0) is 16.0. The van der Waals surface area contributed by atoms with Gasteiger partial charge in [-0.3, -0.25) is 0 Å². The zero-order valence-corrected chi connectivity index (χ0v) is 13.4. The lowest BCUT2D eigenvalue weighted by molar-refractivity contribution is -0.139. The van der Waals surface area contributed by atoms with Crippen LogP contribution in [0.15, 0.2) is 47.4 Å². The normalized spacial score (nSPS) is 16.7. The molecule has 1 aliphatic heterocycles. The lowest BCUT2D eigenvalue weighted by Crippen LogP contribution is -2.17.